The molecule has 0 aliphatic carbocycles. The molecule has 17 heavy (non-hydrogen) atoms. The summed E-state index contributed by atoms with van der Waals surface area (Å²) in [5, 5.41) is 3.92. The third-order valence-corrected chi connectivity index (χ3v) is 3.62. The van der Waals surface area contributed by atoms with Gasteiger partial charge in [-0.2, -0.15) is 0 Å². The number of hydrogen-bond donors (Lipinski definition) is 2. The quantitative estimate of drug-likeness (QED) is 0.814. The summed E-state index contributed by atoms with van der Waals surface area (Å²) in [6, 6.07) is 3.78. The minimum atomic E-state index is 0.470. The van der Waals surface area contributed by atoms with Crippen LogP contribution in [0.15, 0.2) is 18.3 Å². The molecular formula is C12H15ClN4. The van der Waals surface area contributed by atoms with Crippen molar-refractivity contribution in [1.82, 2.24) is 14.7 Å². The first kappa shape index (κ1) is 10.9. The highest BCUT2D eigenvalue weighted by atomic mass is 35.5. The van der Waals surface area contributed by atoms with Crippen LogP contribution in [0.1, 0.15) is 24.6 Å². The minimum Gasteiger partial charge on any atom is -0.398 e. The zero-order valence-corrected chi connectivity index (χ0v) is 10.2. The molecule has 0 saturated carbocycles. The Bertz CT molecular complexity index is 543. The first-order chi connectivity index (χ1) is 8.25. The molecule has 4 nitrogen and oxygen atoms in total. The van der Waals surface area contributed by atoms with Gasteiger partial charge >= 0.3 is 0 Å². The monoisotopic (exact) mass is 250 g/mol. The molecule has 0 unspecified atom stereocenters. The second-order valence-electron chi connectivity index (χ2n) is 4.50. The zero-order chi connectivity index (χ0) is 11.8. The van der Waals surface area contributed by atoms with Crippen LogP contribution >= 0.6 is 11.6 Å². The summed E-state index contributed by atoms with van der Waals surface area (Å²) >= 11 is 6.16. The van der Waals surface area contributed by atoms with E-state index in [0.29, 0.717) is 11.1 Å². The number of halogens is 1. The Morgan fingerprint density at radius 1 is 1.35 bits per heavy atom. The Labute approximate surface area is 105 Å². The smallest absolute Gasteiger partial charge is 0.155 e. The van der Waals surface area contributed by atoms with Crippen LogP contribution in [0.25, 0.3) is 5.52 Å². The SMILES string of the molecule is Nc1ccc2c(Cl)nc(C3CCNCC3)n2c1. The van der Waals surface area contributed by atoms with Crippen molar-refractivity contribution in [3.8, 4) is 0 Å². The van der Waals surface area contributed by atoms with Gasteiger partial charge < -0.3 is 11.1 Å². The Morgan fingerprint density at radius 3 is 2.88 bits per heavy atom. The predicted molar refractivity (Wildman–Crippen MR) is 69.5 cm³/mol. The van der Waals surface area contributed by atoms with E-state index in [2.05, 4.69) is 10.3 Å². The lowest BCUT2D eigenvalue weighted by molar-refractivity contribution is 0.444. The summed E-state index contributed by atoms with van der Waals surface area (Å²) in [4.78, 5) is 4.50. The van der Waals surface area contributed by atoms with Crippen LogP contribution in [0, 0.1) is 0 Å². The van der Waals surface area contributed by atoms with Crippen LogP contribution in [0.2, 0.25) is 5.15 Å². The summed E-state index contributed by atoms with van der Waals surface area (Å²) in [5.41, 5.74) is 7.50. The number of hydrogen-bond acceptors (Lipinski definition) is 3. The van der Waals surface area contributed by atoms with E-state index in [-0.39, 0.29) is 0 Å². The highest BCUT2D eigenvalue weighted by Gasteiger charge is 2.21. The van der Waals surface area contributed by atoms with Crippen molar-refractivity contribution in [2.45, 2.75) is 18.8 Å². The Balaban J connectivity index is 2.11. The number of rotatable bonds is 1. The molecule has 1 fully saturated rings. The molecule has 0 spiro atoms. The van der Waals surface area contributed by atoms with E-state index in [1.54, 1.807) is 0 Å². The maximum absolute atomic E-state index is 6.16. The van der Waals surface area contributed by atoms with Gasteiger partial charge in [-0.15, -0.1) is 0 Å². The molecule has 1 aliphatic rings. The van der Waals surface area contributed by atoms with Gasteiger partial charge in [0.15, 0.2) is 5.15 Å². The van der Waals surface area contributed by atoms with Gasteiger partial charge in [0.05, 0.1) is 5.52 Å². The van der Waals surface area contributed by atoms with Gasteiger partial charge in [-0.1, -0.05) is 11.6 Å². The molecule has 2 aromatic heterocycles. The molecule has 0 atom stereocenters. The zero-order valence-electron chi connectivity index (χ0n) is 9.49. The predicted octanol–water partition coefficient (Wildman–Crippen LogP) is 2.04. The van der Waals surface area contributed by atoms with Crippen molar-refractivity contribution in [3.05, 3.63) is 29.3 Å². The number of nitrogens with one attached hydrogen (secondary N) is 1. The van der Waals surface area contributed by atoms with Gasteiger partial charge in [0.1, 0.15) is 5.82 Å². The van der Waals surface area contributed by atoms with E-state index in [1.165, 1.54) is 0 Å². The maximum Gasteiger partial charge on any atom is 0.155 e. The van der Waals surface area contributed by atoms with E-state index in [0.717, 1.165) is 43.0 Å². The summed E-state index contributed by atoms with van der Waals surface area (Å²) in [6.07, 6.45) is 4.11. The number of nitrogens with zero attached hydrogens (tertiary/aromatic N) is 2. The second kappa shape index (κ2) is 4.20. The van der Waals surface area contributed by atoms with Crippen LogP contribution in [-0.4, -0.2) is 22.5 Å². The lowest BCUT2D eigenvalue weighted by Gasteiger charge is -2.21. The number of fused-ring (bicyclic) bond motifs is 1. The third-order valence-electron chi connectivity index (χ3n) is 3.35. The molecule has 5 heteroatoms. The summed E-state index contributed by atoms with van der Waals surface area (Å²) in [6.45, 7) is 2.08. The van der Waals surface area contributed by atoms with Crippen molar-refractivity contribution >= 4 is 22.8 Å². The van der Waals surface area contributed by atoms with Crippen molar-refractivity contribution < 1.29 is 0 Å². The van der Waals surface area contributed by atoms with E-state index in [9.17, 15) is 0 Å². The van der Waals surface area contributed by atoms with Crippen molar-refractivity contribution in [2.75, 3.05) is 18.8 Å². The van der Waals surface area contributed by atoms with Gasteiger partial charge in [-0.3, -0.25) is 4.40 Å². The van der Waals surface area contributed by atoms with Crippen molar-refractivity contribution in [2.24, 2.45) is 0 Å². The van der Waals surface area contributed by atoms with Gasteiger partial charge in [0.2, 0.25) is 0 Å². The van der Waals surface area contributed by atoms with Crippen molar-refractivity contribution in [1.29, 1.82) is 0 Å². The number of nitrogens with two attached hydrogens (primary N) is 1. The van der Waals surface area contributed by atoms with Gasteiger partial charge in [0, 0.05) is 17.8 Å². The van der Waals surface area contributed by atoms with Crippen LogP contribution < -0.4 is 11.1 Å². The largest absolute Gasteiger partial charge is 0.398 e. The lowest BCUT2D eigenvalue weighted by Crippen LogP contribution is -2.27. The van der Waals surface area contributed by atoms with Crippen molar-refractivity contribution in [3.63, 3.8) is 0 Å². The molecule has 0 bridgehead atoms. The van der Waals surface area contributed by atoms with Crippen LogP contribution in [-0.2, 0) is 0 Å². The fourth-order valence-electron chi connectivity index (χ4n) is 2.45. The molecule has 0 aromatic carbocycles. The number of aromatic nitrogens is 2. The average Bonchev–Trinajstić information content (AvgIpc) is 2.67. The fourth-order valence-corrected chi connectivity index (χ4v) is 2.70. The average molecular weight is 251 g/mol. The standard InChI is InChI=1S/C12H15ClN4/c13-11-10-2-1-9(14)7-17(10)12(16-11)8-3-5-15-6-4-8/h1-2,7-8,15H,3-6,14H2. The fraction of sp³-hybridized carbons (Fsp3) is 0.417. The summed E-state index contributed by atoms with van der Waals surface area (Å²) in [5.74, 6) is 1.51. The molecule has 3 N–H and O–H groups in total. The molecule has 0 radical (unpaired) electrons. The Kier molecular flexibility index (Phi) is 2.68. The number of nitrogen functional groups attached to an aromatic ring is 1. The second-order valence-corrected chi connectivity index (χ2v) is 4.86. The molecular weight excluding hydrogens is 236 g/mol. The molecule has 1 aliphatic heterocycles. The molecule has 3 rings (SSSR count). The van der Waals surface area contributed by atoms with Gasteiger partial charge in [0.25, 0.3) is 0 Å². The number of imidazole rings is 1. The molecule has 2 aromatic rings. The van der Waals surface area contributed by atoms with E-state index >= 15 is 0 Å². The Morgan fingerprint density at radius 2 is 2.12 bits per heavy atom. The van der Waals surface area contributed by atoms with Crippen LogP contribution in [0.3, 0.4) is 0 Å². The maximum atomic E-state index is 6.16. The van der Waals surface area contributed by atoms with Crippen LogP contribution in [0.4, 0.5) is 5.69 Å². The first-order valence-electron chi connectivity index (χ1n) is 5.89. The molecule has 3 heterocycles. The highest BCUT2D eigenvalue weighted by Crippen LogP contribution is 2.29. The topological polar surface area (TPSA) is 55.3 Å². The van der Waals surface area contributed by atoms with Gasteiger partial charge in [-0.25, -0.2) is 4.98 Å². The van der Waals surface area contributed by atoms with E-state index in [4.69, 9.17) is 17.3 Å². The summed E-state index contributed by atoms with van der Waals surface area (Å²) < 4.78 is 2.04. The van der Waals surface area contributed by atoms with E-state index < -0.39 is 0 Å². The van der Waals surface area contributed by atoms with Gasteiger partial charge in [-0.05, 0) is 38.1 Å². The molecule has 1 saturated heterocycles. The first-order valence-corrected chi connectivity index (χ1v) is 6.27. The molecule has 0 amide bonds. The van der Waals surface area contributed by atoms with Crippen LogP contribution in [0.5, 0.6) is 0 Å². The third kappa shape index (κ3) is 1.87. The highest BCUT2D eigenvalue weighted by molar-refractivity contribution is 6.32. The minimum absolute atomic E-state index is 0.470. The summed E-state index contributed by atoms with van der Waals surface area (Å²) in [7, 11) is 0. The normalized spacial score (nSPS) is 17.7. The lowest BCUT2D eigenvalue weighted by atomic mass is 9.97. The Hall–Kier alpha value is -1.26. The number of pyridine rings is 1. The number of piperidine rings is 1. The van der Waals surface area contributed by atoms with E-state index in [1.807, 2.05) is 22.7 Å². The molecule has 90 valence electrons. The number of anilines is 1.